The van der Waals surface area contributed by atoms with Crippen LogP contribution in [-0.4, -0.2) is 14.5 Å². The Bertz CT molecular complexity index is 528. The standard InChI is InChI=1S/C15H20N2O/c18-14-10-15-16-8-9-17(15)11-13(14)5-3-1-2-4-12-6-7-12/h8-12,18H,1-7H2. The number of pyridine rings is 1. The molecule has 1 N–H and O–H groups in total. The second-order valence-corrected chi connectivity index (χ2v) is 5.42. The molecule has 2 aromatic rings. The molecule has 0 atom stereocenters. The lowest BCUT2D eigenvalue weighted by Gasteiger charge is -2.06. The van der Waals surface area contributed by atoms with E-state index in [1.54, 1.807) is 12.3 Å². The molecule has 1 saturated carbocycles. The third-order valence-electron chi connectivity index (χ3n) is 3.84. The normalized spacial score (nSPS) is 15.3. The van der Waals surface area contributed by atoms with E-state index in [1.165, 1.54) is 38.5 Å². The highest BCUT2D eigenvalue weighted by molar-refractivity contribution is 5.47. The molecule has 0 spiro atoms. The second-order valence-electron chi connectivity index (χ2n) is 5.42. The largest absolute Gasteiger partial charge is 0.507 e. The van der Waals surface area contributed by atoms with Crippen molar-refractivity contribution in [1.82, 2.24) is 9.38 Å². The summed E-state index contributed by atoms with van der Waals surface area (Å²) >= 11 is 0. The van der Waals surface area contributed by atoms with Crippen molar-refractivity contribution in [3.05, 3.63) is 30.2 Å². The molecule has 3 nitrogen and oxygen atoms in total. The predicted molar refractivity (Wildman–Crippen MR) is 71.8 cm³/mol. The number of rotatable bonds is 6. The van der Waals surface area contributed by atoms with Gasteiger partial charge >= 0.3 is 0 Å². The maximum Gasteiger partial charge on any atom is 0.140 e. The molecule has 3 rings (SSSR count). The predicted octanol–water partition coefficient (Wildman–Crippen LogP) is 3.55. The van der Waals surface area contributed by atoms with Crippen LogP contribution < -0.4 is 0 Å². The van der Waals surface area contributed by atoms with Gasteiger partial charge in [0.25, 0.3) is 0 Å². The molecule has 2 heterocycles. The highest BCUT2D eigenvalue weighted by atomic mass is 16.3. The molecule has 0 amide bonds. The van der Waals surface area contributed by atoms with E-state index in [-0.39, 0.29) is 0 Å². The van der Waals surface area contributed by atoms with Gasteiger partial charge in [0.15, 0.2) is 0 Å². The van der Waals surface area contributed by atoms with E-state index < -0.39 is 0 Å². The van der Waals surface area contributed by atoms with Crippen LogP contribution in [0.3, 0.4) is 0 Å². The van der Waals surface area contributed by atoms with E-state index >= 15 is 0 Å². The molecule has 0 aromatic carbocycles. The first-order valence-corrected chi connectivity index (χ1v) is 6.97. The number of nitrogens with zero attached hydrogens (tertiary/aromatic N) is 2. The Hall–Kier alpha value is -1.51. The van der Waals surface area contributed by atoms with Crippen molar-refractivity contribution < 1.29 is 5.11 Å². The Morgan fingerprint density at radius 1 is 1.28 bits per heavy atom. The second kappa shape index (κ2) is 5.01. The van der Waals surface area contributed by atoms with Gasteiger partial charge in [-0.05, 0) is 18.8 Å². The summed E-state index contributed by atoms with van der Waals surface area (Å²) in [6, 6.07) is 1.75. The fourth-order valence-electron chi connectivity index (χ4n) is 2.52. The summed E-state index contributed by atoms with van der Waals surface area (Å²) in [7, 11) is 0. The number of hydrogen-bond acceptors (Lipinski definition) is 2. The van der Waals surface area contributed by atoms with Crippen LogP contribution in [-0.2, 0) is 6.42 Å². The van der Waals surface area contributed by atoms with Crippen molar-refractivity contribution in [3.63, 3.8) is 0 Å². The van der Waals surface area contributed by atoms with E-state index in [9.17, 15) is 5.11 Å². The van der Waals surface area contributed by atoms with Crippen molar-refractivity contribution in [2.45, 2.75) is 44.9 Å². The number of aryl methyl sites for hydroxylation is 1. The minimum absolute atomic E-state index is 0.385. The van der Waals surface area contributed by atoms with Crippen LogP contribution in [0, 0.1) is 5.92 Å². The van der Waals surface area contributed by atoms with Gasteiger partial charge in [0.2, 0.25) is 0 Å². The summed E-state index contributed by atoms with van der Waals surface area (Å²) in [6.07, 6.45) is 14.8. The van der Waals surface area contributed by atoms with Gasteiger partial charge < -0.3 is 9.51 Å². The first kappa shape index (κ1) is 11.6. The number of aromatic hydroxyl groups is 1. The van der Waals surface area contributed by atoms with Crippen molar-refractivity contribution in [3.8, 4) is 5.75 Å². The van der Waals surface area contributed by atoms with Gasteiger partial charge in [0.05, 0.1) is 0 Å². The molecular weight excluding hydrogens is 224 g/mol. The number of hydrogen-bond donors (Lipinski definition) is 1. The summed E-state index contributed by atoms with van der Waals surface area (Å²) in [5.74, 6) is 1.43. The van der Waals surface area contributed by atoms with E-state index in [4.69, 9.17) is 0 Å². The number of aromatic nitrogens is 2. The van der Waals surface area contributed by atoms with Crippen LogP contribution >= 0.6 is 0 Å². The molecule has 0 saturated heterocycles. The summed E-state index contributed by atoms with van der Waals surface area (Å²) in [6.45, 7) is 0. The molecule has 18 heavy (non-hydrogen) atoms. The highest BCUT2D eigenvalue weighted by Crippen LogP contribution is 2.34. The van der Waals surface area contributed by atoms with Crippen molar-refractivity contribution in [1.29, 1.82) is 0 Å². The average molecular weight is 244 g/mol. The summed E-state index contributed by atoms with van der Waals surface area (Å²) < 4.78 is 1.97. The molecule has 1 aliphatic rings. The van der Waals surface area contributed by atoms with Crippen LogP contribution in [0.25, 0.3) is 5.65 Å². The fourth-order valence-corrected chi connectivity index (χ4v) is 2.52. The molecule has 0 radical (unpaired) electrons. The fraction of sp³-hybridized carbons (Fsp3) is 0.533. The van der Waals surface area contributed by atoms with Gasteiger partial charge in [-0.25, -0.2) is 4.98 Å². The first-order chi connectivity index (χ1) is 8.83. The SMILES string of the molecule is Oc1cc2nccn2cc1CCCCCC1CC1. The van der Waals surface area contributed by atoms with Crippen molar-refractivity contribution >= 4 is 5.65 Å². The molecule has 3 heteroatoms. The number of fused-ring (bicyclic) bond motifs is 1. The topological polar surface area (TPSA) is 37.5 Å². The Kier molecular flexibility index (Phi) is 3.22. The van der Waals surface area contributed by atoms with Crippen LogP contribution in [0.4, 0.5) is 0 Å². The zero-order chi connectivity index (χ0) is 12.4. The lowest BCUT2D eigenvalue weighted by molar-refractivity contribution is 0.465. The molecule has 0 bridgehead atoms. The highest BCUT2D eigenvalue weighted by Gasteiger charge is 2.19. The molecule has 1 fully saturated rings. The lowest BCUT2D eigenvalue weighted by atomic mass is 10.1. The Balaban J connectivity index is 1.54. The maximum atomic E-state index is 9.93. The summed E-state index contributed by atoms with van der Waals surface area (Å²) in [4.78, 5) is 4.16. The minimum atomic E-state index is 0.385. The Morgan fingerprint density at radius 3 is 3.00 bits per heavy atom. The molecule has 1 aliphatic carbocycles. The monoisotopic (exact) mass is 244 g/mol. The van der Waals surface area contributed by atoms with Crippen LogP contribution in [0.2, 0.25) is 0 Å². The van der Waals surface area contributed by atoms with Gasteiger partial charge in [-0.15, -0.1) is 0 Å². The van der Waals surface area contributed by atoms with Gasteiger partial charge in [-0.3, -0.25) is 0 Å². The van der Waals surface area contributed by atoms with Gasteiger partial charge in [0.1, 0.15) is 11.4 Å². The first-order valence-electron chi connectivity index (χ1n) is 6.97. The van der Waals surface area contributed by atoms with Crippen molar-refractivity contribution in [2.24, 2.45) is 5.92 Å². The van der Waals surface area contributed by atoms with E-state index in [2.05, 4.69) is 4.98 Å². The van der Waals surface area contributed by atoms with E-state index in [0.717, 1.165) is 23.5 Å². The summed E-state index contributed by atoms with van der Waals surface area (Å²) in [5, 5.41) is 9.93. The summed E-state index contributed by atoms with van der Waals surface area (Å²) in [5.41, 5.74) is 1.84. The number of imidazole rings is 1. The zero-order valence-corrected chi connectivity index (χ0v) is 10.7. The third-order valence-corrected chi connectivity index (χ3v) is 3.84. The van der Waals surface area contributed by atoms with Crippen LogP contribution in [0.15, 0.2) is 24.7 Å². The van der Waals surface area contributed by atoms with Crippen LogP contribution in [0.5, 0.6) is 5.75 Å². The smallest absolute Gasteiger partial charge is 0.140 e. The van der Waals surface area contributed by atoms with E-state index in [1.807, 2.05) is 16.8 Å². The molecule has 2 aromatic heterocycles. The van der Waals surface area contributed by atoms with E-state index in [0.29, 0.717) is 5.75 Å². The Morgan fingerprint density at radius 2 is 2.17 bits per heavy atom. The molecular formula is C15H20N2O. The van der Waals surface area contributed by atoms with Crippen LogP contribution in [0.1, 0.15) is 44.1 Å². The van der Waals surface area contributed by atoms with Gasteiger partial charge in [-0.1, -0.05) is 32.1 Å². The maximum absolute atomic E-state index is 9.93. The van der Waals surface area contributed by atoms with Gasteiger partial charge in [-0.2, -0.15) is 0 Å². The molecule has 0 unspecified atom stereocenters. The minimum Gasteiger partial charge on any atom is -0.507 e. The third kappa shape index (κ3) is 2.66. The van der Waals surface area contributed by atoms with Crippen molar-refractivity contribution in [2.75, 3.05) is 0 Å². The van der Waals surface area contributed by atoms with Gasteiger partial charge in [0, 0.05) is 30.2 Å². The Labute approximate surface area is 107 Å². The molecule has 96 valence electrons. The lowest BCUT2D eigenvalue weighted by Crippen LogP contribution is -1.92. The zero-order valence-electron chi connectivity index (χ0n) is 10.7. The quantitative estimate of drug-likeness (QED) is 0.789. The molecule has 0 aliphatic heterocycles. The number of unbranched alkanes of at least 4 members (excludes halogenated alkanes) is 2. The average Bonchev–Trinajstić information content (AvgIpc) is 3.07.